The number of unbranched alkanes of at least 4 members (excludes halogenated alkanes) is 1. The van der Waals surface area contributed by atoms with E-state index in [1.165, 1.54) is 0 Å². The topological polar surface area (TPSA) is 99.7 Å². The molecule has 0 atom stereocenters. The van der Waals surface area contributed by atoms with Gasteiger partial charge in [-0.2, -0.15) is 9.97 Å². The second-order valence-electron chi connectivity index (χ2n) is 4.80. The summed E-state index contributed by atoms with van der Waals surface area (Å²) in [5, 5.41) is 12.5. The van der Waals surface area contributed by atoms with Crippen LogP contribution in [0, 0.1) is 0 Å². The van der Waals surface area contributed by atoms with Crippen molar-refractivity contribution in [3.05, 3.63) is 0 Å². The second-order valence-corrected chi connectivity index (χ2v) is 4.80. The molecule has 0 fully saturated rings. The van der Waals surface area contributed by atoms with Crippen molar-refractivity contribution in [1.82, 2.24) is 19.9 Å². The van der Waals surface area contributed by atoms with Crippen LogP contribution < -0.4 is 21.3 Å². The van der Waals surface area contributed by atoms with Gasteiger partial charge in [0.1, 0.15) is 11.0 Å². The maximum absolute atomic E-state index is 4.55. The van der Waals surface area contributed by atoms with E-state index in [4.69, 9.17) is 0 Å². The standard InChI is InChI=1S/C14H24N8/c1-5-7-8-18-14-20-10-9(12(16-4)22-14)19-13(17-6-2)21-11(10)15-3/h5-8H2,1-4H3,(H2,15,17,19,21)(H2,16,18,20,22). The molecule has 0 radical (unpaired) electrons. The molecule has 8 nitrogen and oxygen atoms in total. The molecule has 0 amide bonds. The van der Waals surface area contributed by atoms with Gasteiger partial charge in [0, 0.05) is 27.2 Å². The highest BCUT2D eigenvalue weighted by molar-refractivity contribution is 5.94. The Hall–Kier alpha value is -2.38. The van der Waals surface area contributed by atoms with Crippen LogP contribution in [0.15, 0.2) is 0 Å². The van der Waals surface area contributed by atoms with Gasteiger partial charge in [-0.1, -0.05) is 13.3 Å². The predicted molar refractivity (Wildman–Crippen MR) is 91.8 cm³/mol. The Bertz CT molecular complexity index is 628. The lowest BCUT2D eigenvalue weighted by Gasteiger charge is -2.12. The van der Waals surface area contributed by atoms with Crippen LogP contribution in [-0.4, -0.2) is 47.1 Å². The summed E-state index contributed by atoms with van der Waals surface area (Å²) in [6.07, 6.45) is 2.20. The number of hydrogen-bond donors (Lipinski definition) is 4. The lowest BCUT2D eigenvalue weighted by Crippen LogP contribution is -2.11. The van der Waals surface area contributed by atoms with Crippen molar-refractivity contribution in [2.75, 3.05) is 48.5 Å². The fourth-order valence-electron chi connectivity index (χ4n) is 2.06. The van der Waals surface area contributed by atoms with Crippen molar-refractivity contribution in [2.45, 2.75) is 26.7 Å². The number of anilines is 4. The molecule has 2 heterocycles. The van der Waals surface area contributed by atoms with Gasteiger partial charge in [0.05, 0.1) is 0 Å². The van der Waals surface area contributed by atoms with E-state index in [0.29, 0.717) is 34.6 Å². The van der Waals surface area contributed by atoms with E-state index in [1.54, 1.807) is 0 Å². The van der Waals surface area contributed by atoms with Crippen molar-refractivity contribution in [3.8, 4) is 0 Å². The fourth-order valence-corrected chi connectivity index (χ4v) is 2.06. The van der Waals surface area contributed by atoms with Gasteiger partial charge in [-0.15, -0.1) is 0 Å². The van der Waals surface area contributed by atoms with Crippen LogP contribution in [0.2, 0.25) is 0 Å². The van der Waals surface area contributed by atoms with E-state index >= 15 is 0 Å². The number of hydrogen-bond acceptors (Lipinski definition) is 8. The molecule has 0 aliphatic heterocycles. The molecular weight excluding hydrogens is 280 g/mol. The molecule has 0 aromatic carbocycles. The summed E-state index contributed by atoms with van der Waals surface area (Å²) in [7, 11) is 3.65. The number of rotatable bonds is 8. The average molecular weight is 304 g/mol. The molecule has 0 unspecified atom stereocenters. The van der Waals surface area contributed by atoms with Gasteiger partial charge in [0.25, 0.3) is 0 Å². The molecule has 22 heavy (non-hydrogen) atoms. The van der Waals surface area contributed by atoms with E-state index in [2.05, 4.69) is 48.1 Å². The normalized spacial score (nSPS) is 10.5. The highest BCUT2D eigenvalue weighted by Gasteiger charge is 2.14. The summed E-state index contributed by atoms with van der Waals surface area (Å²) in [6.45, 7) is 5.75. The van der Waals surface area contributed by atoms with Crippen LogP contribution in [0.5, 0.6) is 0 Å². The Morgan fingerprint density at radius 2 is 1.32 bits per heavy atom. The summed E-state index contributed by atoms with van der Waals surface area (Å²) in [5.41, 5.74) is 1.39. The van der Waals surface area contributed by atoms with Gasteiger partial charge in [-0.3, -0.25) is 0 Å². The second kappa shape index (κ2) is 7.58. The smallest absolute Gasteiger partial charge is 0.225 e. The predicted octanol–water partition coefficient (Wildman–Crippen LogP) is 2.15. The molecule has 8 heteroatoms. The summed E-state index contributed by atoms with van der Waals surface area (Å²) >= 11 is 0. The maximum Gasteiger partial charge on any atom is 0.225 e. The minimum absolute atomic E-state index is 0.561. The number of nitrogens with zero attached hydrogens (tertiary/aromatic N) is 4. The molecule has 2 aromatic rings. The van der Waals surface area contributed by atoms with Crippen LogP contribution in [0.25, 0.3) is 11.0 Å². The third-order valence-corrected chi connectivity index (χ3v) is 3.17. The minimum atomic E-state index is 0.561. The number of nitrogens with one attached hydrogen (secondary N) is 4. The molecule has 4 N–H and O–H groups in total. The molecule has 0 aliphatic carbocycles. The monoisotopic (exact) mass is 304 g/mol. The third kappa shape index (κ3) is 3.44. The zero-order valence-electron chi connectivity index (χ0n) is 13.6. The highest BCUT2D eigenvalue weighted by Crippen LogP contribution is 2.26. The largest absolute Gasteiger partial charge is 0.371 e. The maximum atomic E-state index is 4.55. The van der Waals surface area contributed by atoms with Crippen molar-refractivity contribution in [2.24, 2.45) is 0 Å². The van der Waals surface area contributed by atoms with E-state index in [1.807, 2.05) is 21.0 Å². The van der Waals surface area contributed by atoms with Crippen molar-refractivity contribution < 1.29 is 0 Å². The van der Waals surface area contributed by atoms with Crippen LogP contribution in [0.4, 0.5) is 23.5 Å². The third-order valence-electron chi connectivity index (χ3n) is 3.17. The van der Waals surface area contributed by atoms with Crippen LogP contribution in [0.1, 0.15) is 26.7 Å². The fraction of sp³-hybridized carbons (Fsp3) is 0.571. The number of fused-ring (bicyclic) bond motifs is 1. The summed E-state index contributed by atoms with van der Waals surface area (Å²) in [5.74, 6) is 2.51. The minimum Gasteiger partial charge on any atom is -0.371 e. The van der Waals surface area contributed by atoms with Gasteiger partial charge in [0.2, 0.25) is 11.9 Å². The van der Waals surface area contributed by atoms with Gasteiger partial charge in [0.15, 0.2) is 11.6 Å². The van der Waals surface area contributed by atoms with E-state index in [-0.39, 0.29) is 0 Å². The SMILES string of the molecule is CCCCNc1nc(NC)c2nc(NCC)nc(NC)c2n1. The Kier molecular flexibility index (Phi) is 5.51. The first kappa shape index (κ1) is 16.0. The first-order valence-corrected chi connectivity index (χ1v) is 7.66. The first-order chi connectivity index (χ1) is 10.7. The summed E-state index contributed by atoms with van der Waals surface area (Å²) in [4.78, 5) is 18.0. The molecule has 0 saturated carbocycles. The van der Waals surface area contributed by atoms with Crippen LogP contribution in [-0.2, 0) is 0 Å². The average Bonchev–Trinajstić information content (AvgIpc) is 2.54. The molecule has 0 spiro atoms. The van der Waals surface area contributed by atoms with Gasteiger partial charge in [-0.05, 0) is 13.3 Å². The van der Waals surface area contributed by atoms with E-state index in [0.717, 1.165) is 25.9 Å². The Morgan fingerprint density at radius 3 is 1.77 bits per heavy atom. The molecule has 2 rings (SSSR count). The van der Waals surface area contributed by atoms with E-state index in [9.17, 15) is 0 Å². The molecule has 0 saturated heterocycles. The van der Waals surface area contributed by atoms with Gasteiger partial charge < -0.3 is 21.3 Å². The first-order valence-electron chi connectivity index (χ1n) is 7.66. The zero-order chi connectivity index (χ0) is 15.9. The molecule has 120 valence electrons. The van der Waals surface area contributed by atoms with Crippen LogP contribution >= 0.6 is 0 Å². The van der Waals surface area contributed by atoms with Gasteiger partial charge in [-0.25, -0.2) is 9.97 Å². The molecular formula is C14H24N8. The van der Waals surface area contributed by atoms with Crippen molar-refractivity contribution in [3.63, 3.8) is 0 Å². The summed E-state index contributed by atoms with van der Waals surface area (Å²) in [6, 6.07) is 0. The van der Waals surface area contributed by atoms with Crippen molar-refractivity contribution in [1.29, 1.82) is 0 Å². The quantitative estimate of drug-likeness (QED) is 0.551. The summed E-state index contributed by atoms with van der Waals surface area (Å²) < 4.78 is 0. The van der Waals surface area contributed by atoms with Crippen LogP contribution in [0.3, 0.4) is 0 Å². The lowest BCUT2D eigenvalue weighted by atomic mass is 10.3. The lowest BCUT2D eigenvalue weighted by molar-refractivity contribution is 0.827. The van der Waals surface area contributed by atoms with Crippen molar-refractivity contribution >= 4 is 34.6 Å². The Labute approximate surface area is 130 Å². The molecule has 0 aliphatic rings. The Balaban J connectivity index is 2.50. The van der Waals surface area contributed by atoms with E-state index < -0.39 is 0 Å². The Morgan fingerprint density at radius 1 is 0.773 bits per heavy atom. The molecule has 0 bridgehead atoms. The van der Waals surface area contributed by atoms with Gasteiger partial charge >= 0.3 is 0 Å². The highest BCUT2D eigenvalue weighted by atomic mass is 15.2. The number of aromatic nitrogens is 4. The zero-order valence-corrected chi connectivity index (χ0v) is 13.6. The molecule has 2 aromatic heterocycles.